The lowest BCUT2D eigenvalue weighted by atomic mass is 10.0. The van der Waals surface area contributed by atoms with Gasteiger partial charge in [-0.15, -0.1) is 0 Å². The summed E-state index contributed by atoms with van der Waals surface area (Å²) < 4.78 is 10.6. The molecule has 0 fully saturated rings. The SMILES string of the molecule is COc1ccc(COCc2cc(C(=O)O)c(O)c(O)c2C)cc1. The quantitative estimate of drug-likeness (QED) is 0.709. The predicted molar refractivity (Wildman–Crippen MR) is 83.0 cm³/mol. The number of aromatic hydroxyl groups is 2. The zero-order valence-corrected chi connectivity index (χ0v) is 12.9. The molecule has 0 saturated carbocycles. The van der Waals surface area contributed by atoms with Gasteiger partial charge in [0.05, 0.1) is 20.3 Å². The van der Waals surface area contributed by atoms with Crippen molar-refractivity contribution in [2.45, 2.75) is 20.1 Å². The first-order chi connectivity index (χ1) is 10.9. The average Bonchev–Trinajstić information content (AvgIpc) is 2.55. The van der Waals surface area contributed by atoms with Crippen molar-refractivity contribution in [3.63, 3.8) is 0 Å². The van der Waals surface area contributed by atoms with Gasteiger partial charge in [0.25, 0.3) is 0 Å². The van der Waals surface area contributed by atoms with Crippen LogP contribution in [0.15, 0.2) is 30.3 Å². The number of methoxy groups -OCH3 is 1. The largest absolute Gasteiger partial charge is 0.504 e. The summed E-state index contributed by atoms with van der Waals surface area (Å²) in [6.07, 6.45) is 0. The number of hydrogen-bond acceptors (Lipinski definition) is 5. The number of carbonyl (C=O) groups is 1. The van der Waals surface area contributed by atoms with Gasteiger partial charge in [-0.2, -0.15) is 0 Å². The summed E-state index contributed by atoms with van der Waals surface area (Å²) in [5, 5.41) is 28.5. The van der Waals surface area contributed by atoms with Crippen LogP contribution in [0.5, 0.6) is 17.2 Å². The van der Waals surface area contributed by atoms with Gasteiger partial charge in [-0.1, -0.05) is 12.1 Å². The van der Waals surface area contributed by atoms with Crippen LogP contribution in [0.4, 0.5) is 0 Å². The van der Waals surface area contributed by atoms with Gasteiger partial charge in [0.15, 0.2) is 11.5 Å². The molecular formula is C17H18O6. The van der Waals surface area contributed by atoms with Crippen LogP contribution in [0.25, 0.3) is 0 Å². The van der Waals surface area contributed by atoms with Crippen LogP contribution in [0, 0.1) is 6.92 Å². The fraction of sp³-hybridized carbons (Fsp3) is 0.235. The molecule has 0 aliphatic heterocycles. The second-order valence-electron chi connectivity index (χ2n) is 5.05. The summed E-state index contributed by atoms with van der Waals surface area (Å²) in [4.78, 5) is 11.1. The summed E-state index contributed by atoms with van der Waals surface area (Å²) in [6, 6.07) is 8.67. The van der Waals surface area contributed by atoms with E-state index in [1.807, 2.05) is 24.3 Å². The Kier molecular flexibility index (Phi) is 5.08. The first-order valence-electron chi connectivity index (χ1n) is 6.92. The van der Waals surface area contributed by atoms with E-state index >= 15 is 0 Å². The van der Waals surface area contributed by atoms with Gasteiger partial charge in [-0.3, -0.25) is 0 Å². The maximum atomic E-state index is 11.1. The molecule has 122 valence electrons. The van der Waals surface area contributed by atoms with E-state index in [1.54, 1.807) is 14.0 Å². The Morgan fingerprint density at radius 3 is 2.30 bits per heavy atom. The van der Waals surface area contributed by atoms with Gasteiger partial charge in [-0.05, 0) is 36.2 Å². The van der Waals surface area contributed by atoms with Crippen LogP contribution >= 0.6 is 0 Å². The van der Waals surface area contributed by atoms with Gasteiger partial charge in [0.1, 0.15) is 11.3 Å². The van der Waals surface area contributed by atoms with Crippen molar-refractivity contribution in [1.82, 2.24) is 0 Å². The van der Waals surface area contributed by atoms with E-state index < -0.39 is 17.5 Å². The van der Waals surface area contributed by atoms with Crippen molar-refractivity contribution in [3.8, 4) is 17.2 Å². The van der Waals surface area contributed by atoms with E-state index in [0.29, 0.717) is 17.7 Å². The Morgan fingerprint density at radius 2 is 1.74 bits per heavy atom. The smallest absolute Gasteiger partial charge is 0.339 e. The van der Waals surface area contributed by atoms with E-state index in [2.05, 4.69) is 0 Å². The Balaban J connectivity index is 2.09. The van der Waals surface area contributed by atoms with Crippen LogP contribution < -0.4 is 4.74 Å². The molecule has 2 rings (SSSR count). The Bertz CT molecular complexity index is 706. The molecule has 23 heavy (non-hydrogen) atoms. The number of phenolic OH excluding ortho intramolecular Hbond substituents is 1. The topological polar surface area (TPSA) is 96.2 Å². The molecule has 0 atom stereocenters. The average molecular weight is 318 g/mol. The standard InChI is InChI=1S/C17H18O6/c1-10-12(7-14(17(20)21)16(19)15(10)18)9-23-8-11-3-5-13(22-2)6-4-11/h3-7,18-19H,8-9H2,1-2H3,(H,20,21). The highest BCUT2D eigenvalue weighted by Gasteiger charge is 2.18. The number of ether oxygens (including phenoxy) is 2. The van der Waals surface area contributed by atoms with Gasteiger partial charge in [0, 0.05) is 5.56 Å². The van der Waals surface area contributed by atoms with Crippen molar-refractivity contribution in [2.75, 3.05) is 7.11 Å². The maximum absolute atomic E-state index is 11.1. The number of hydrogen-bond donors (Lipinski definition) is 3. The molecule has 0 aromatic heterocycles. The normalized spacial score (nSPS) is 10.5. The highest BCUT2D eigenvalue weighted by Crippen LogP contribution is 2.35. The third-order valence-electron chi connectivity index (χ3n) is 3.55. The predicted octanol–water partition coefficient (Wildman–Crippen LogP) is 2.83. The number of rotatable bonds is 6. The molecule has 6 heteroatoms. The third-order valence-corrected chi connectivity index (χ3v) is 3.55. The monoisotopic (exact) mass is 318 g/mol. The van der Waals surface area contributed by atoms with Crippen LogP contribution in [0.3, 0.4) is 0 Å². The molecule has 0 radical (unpaired) electrons. The van der Waals surface area contributed by atoms with Crippen molar-refractivity contribution >= 4 is 5.97 Å². The molecule has 2 aromatic rings. The molecule has 0 aliphatic carbocycles. The molecule has 0 aliphatic rings. The molecule has 0 unspecified atom stereocenters. The molecule has 2 aromatic carbocycles. The number of carboxylic acids is 1. The van der Waals surface area contributed by atoms with Crippen molar-refractivity contribution in [2.24, 2.45) is 0 Å². The van der Waals surface area contributed by atoms with Crippen LogP contribution in [0.1, 0.15) is 27.0 Å². The minimum absolute atomic E-state index is 0.117. The fourth-order valence-electron chi connectivity index (χ4n) is 2.12. The molecule has 0 saturated heterocycles. The van der Waals surface area contributed by atoms with Gasteiger partial charge in [-0.25, -0.2) is 4.79 Å². The summed E-state index contributed by atoms with van der Waals surface area (Å²) in [5.74, 6) is -1.63. The number of benzene rings is 2. The Morgan fingerprint density at radius 1 is 1.09 bits per heavy atom. The highest BCUT2D eigenvalue weighted by atomic mass is 16.5. The van der Waals surface area contributed by atoms with Crippen LogP contribution in [-0.4, -0.2) is 28.4 Å². The van der Waals surface area contributed by atoms with Gasteiger partial charge < -0.3 is 24.8 Å². The van der Waals surface area contributed by atoms with Crippen molar-refractivity contribution in [3.05, 3.63) is 52.6 Å². The third kappa shape index (κ3) is 3.73. The molecule has 0 heterocycles. The van der Waals surface area contributed by atoms with E-state index in [1.165, 1.54) is 6.07 Å². The minimum Gasteiger partial charge on any atom is -0.504 e. The zero-order chi connectivity index (χ0) is 17.0. The van der Waals surface area contributed by atoms with Gasteiger partial charge in [0.2, 0.25) is 0 Å². The molecule has 3 N–H and O–H groups in total. The number of phenols is 2. The number of carboxylic acid groups (broad SMARTS) is 1. The van der Waals surface area contributed by atoms with E-state index in [0.717, 1.165) is 11.3 Å². The van der Waals surface area contributed by atoms with E-state index in [4.69, 9.17) is 14.6 Å². The summed E-state index contributed by atoms with van der Waals surface area (Å²) in [5.41, 5.74) is 1.48. The minimum atomic E-state index is -1.31. The summed E-state index contributed by atoms with van der Waals surface area (Å²) in [7, 11) is 1.59. The lowest BCUT2D eigenvalue weighted by Crippen LogP contribution is -2.03. The Labute approximate surface area is 133 Å². The number of aromatic carboxylic acids is 1. The van der Waals surface area contributed by atoms with Crippen molar-refractivity contribution in [1.29, 1.82) is 0 Å². The second-order valence-corrected chi connectivity index (χ2v) is 5.05. The molecule has 0 amide bonds. The summed E-state index contributed by atoms with van der Waals surface area (Å²) in [6.45, 7) is 2.03. The lowest BCUT2D eigenvalue weighted by Gasteiger charge is -2.12. The maximum Gasteiger partial charge on any atom is 0.339 e. The van der Waals surface area contributed by atoms with Crippen LogP contribution in [-0.2, 0) is 18.0 Å². The molecule has 0 spiro atoms. The van der Waals surface area contributed by atoms with E-state index in [-0.39, 0.29) is 12.2 Å². The Hall–Kier alpha value is -2.73. The van der Waals surface area contributed by atoms with E-state index in [9.17, 15) is 15.0 Å². The lowest BCUT2D eigenvalue weighted by molar-refractivity contribution is 0.0692. The zero-order valence-electron chi connectivity index (χ0n) is 12.9. The van der Waals surface area contributed by atoms with Crippen molar-refractivity contribution < 1.29 is 29.6 Å². The second kappa shape index (κ2) is 7.02. The first kappa shape index (κ1) is 16.6. The first-order valence-corrected chi connectivity index (χ1v) is 6.92. The van der Waals surface area contributed by atoms with Gasteiger partial charge >= 0.3 is 5.97 Å². The highest BCUT2D eigenvalue weighted by molar-refractivity contribution is 5.92. The molecule has 6 nitrogen and oxygen atoms in total. The molecule has 0 bridgehead atoms. The summed E-state index contributed by atoms with van der Waals surface area (Å²) >= 11 is 0. The molecular weight excluding hydrogens is 300 g/mol. The van der Waals surface area contributed by atoms with Crippen LogP contribution in [0.2, 0.25) is 0 Å². The fourth-order valence-corrected chi connectivity index (χ4v) is 2.12.